The number of carbonyl (C=O) groups is 2. The van der Waals surface area contributed by atoms with Crippen molar-refractivity contribution in [3.8, 4) is 0 Å². The number of rotatable bonds is 6. The number of ether oxygens (including phenoxy) is 1. The van der Waals surface area contributed by atoms with E-state index in [0.717, 1.165) is 43.7 Å². The average molecular weight is 409 g/mol. The van der Waals surface area contributed by atoms with Gasteiger partial charge in [0.1, 0.15) is 6.61 Å². The van der Waals surface area contributed by atoms with Gasteiger partial charge in [0.2, 0.25) is 0 Å². The molecule has 2 aromatic carbocycles. The Morgan fingerprint density at radius 1 is 0.967 bits per heavy atom. The van der Waals surface area contributed by atoms with Crippen LogP contribution in [0, 0.1) is 0 Å². The Balaban J connectivity index is 1.22. The zero-order valence-corrected chi connectivity index (χ0v) is 17.0. The number of nitrogens with zero attached hydrogens (tertiary/aromatic N) is 2. The van der Waals surface area contributed by atoms with Crippen LogP contribution < -0.4 is 10.6 Å². The summed E-state index contributed by atoms with van der Waals surface area (Å²) < 4.78 is 4.96. The maximum Gasteiger partial charge on any atom is 0.410 e. The van der Waals surface area contributed by atoms with Crippen molar-refractivity contribution in [1.29, 1.82) is 0 Å². The quantitative estimate of drug-likeness (QED) is 0.768. The van der Waals surface area contributed by atoms with Gasteiger partial charge in [-0.25, -0.2) is 9.59 Å². The molecule has 0 aromatic heterocycles. The van der Waals surface area contributed by atoms with Crippen LogP contribution in [0.1, 0.15) is 24.0 Å². The second-order valence-electron chi connectivity index (χ2n) is 7.87. The molecule has 2 aromatic rings. The maximum absolute atomic E-state index is 12.4. The Kier molecular flexibility index (Phi) is 6.49. The molecule has 30 heavy (non-hydrogen) atoms. The summed E-state index contributed by atoms with van der Waals surface area (Å²) in [5.41, 5.74) is 3.00. The van der Waals surface area contributed by atoms with E-state index in [1.807, 2.05) is 30.3 Å². The minimum absolute atomic E-state index is 0.180. The van der Waals surface area contributed by atoms with Crippen molar-refractivity contribution in [2.24, 2.45) is 0 Å². The zero-order chi connectivity index (χ0) is 20.8. The third-order valence-electron chi connectivity index (χ3n) is 5.58. The van der Waals surface area contributed by atoms with Crippen molar-refractivity contribution in [1.82, 2.24) is 15.1 Å². The average Bonchev–Trinajstić information content (AvgIpc) is 3.15. The molecule has 7 heteroatoms. The molecule has 0 radical (unpaired) electrons. The Bertz CT molecular complexity index is 866. The predicted molar refractivity (Wildman–Crippen MR) is 115 cm³/mol. The van der Waals surface area contributed by atoms with Crippen molar-refractivity contribution in [2.75, 3.05) is 31.6 Å². The van der Waals surface area contributed by atoms with Gasteiger partial charge in [0.15, 0.2) is 0 Å². The summed E-state index contributed by atoms with van der Waals surface area (Å²) in [6.07, 6.45) is 1.60. The molecule has 3 amide bonds. The molecule has 0 saturated carbocycles. The van der Waals surface area contributed by atoms with E-state index in [4.69, 9.17) is 4.74 Å². The lowest BCUT2D eigenvalue weighted by Crippen LogP contribution is -2.45. The molecule has 2 saturated heterocycles. The van der Waals surface area contributed by atoms with Gasteiger partial charge in [-0.3, -0.25) is 4.90 Å². The highest BCUT2D eigenvalue weighted by atomic mass is 16.6. The summed E-state index contributed by atoms with van der Waals surface area (Å²) in [7, 11) is 0. The fourth-order valence-electron chi connectivity index (χ4n) is 3.97. The van der Waals surface area contributed by atoms with Crippen LogP contribution in [0.25, 0.3) is 0 Å². The van der Waals surface area contributed by atoms with Crippen molar-refractivity contribution in [3.63, 3.8) is 0 Å². The number of benzene rings is 2. The summed E-state index contributed by atoms with van der Waals surface area (Å²) in [6, 6.07) is 18.0. The second kappa shape index (κ2) is 9.63. The van der Waals surface area contributed by atoms with Gasteiger partial charge in [-0.15, -0.1) is 0 Å². The molecule has 2 aliphatic rings. The molecule has 2 fully saturated rings. The first-order chi connectivity index (χ1) is 14.7. The summed E-state index contributed by atoms with van der Waals surface area (Å²) in [5.74, 6) is 0. The number of hydrogen-bond donors (Lipinski definition) is 2. The minimum atomic E-state index is -0.287. The van der Waals surface area contributed by atoms with Crippen LogP contribution in [0.3, 0.4) is 0 Å². The first kappa shape index (κ1) is 20.2. The van der Waals surface area contributed by atoms with Gasteiger partial charge in [0, 0.05) is 37.9 Å². The summed E-state index contributed by atoms with van der Waals surface area (Å²) >= 11 is 0. The Labute approximate surface area is 177 Å². The first-order valence-electron chi connectivity index (χ1n) is 10.5. The number of anilines is 1. The molecular weight excluding hydrogens is 380 g/mol. The topological polar surface area (TPSA) is 73.9 Å². The van der Waals surface area contributed by atoms with Gasteiger partial charge in [-0.05, 0) is 36.1 Å². The second-order valence-corrected chi connectivity index (χ2v) is 7.87. The van der Waals surface area contributed by atoms with Gasteiger partial charge in [0.25, 0.3) is 0 Å². The SMILES string of the molecule is O=C(Nc1cccc(CN2CCOC2=O)c1)NC1CCN(Cc2ccccc2)CC1. The third kappa shape index (κ3) is 5.51. The first-order valence-corrected chi connectivity index (χ1v) is 10.5. The molecule has 2 N–H and O–H groups in total. The molecule has 2 heterocycles. The van der Waals surface area contributed by atoms with Crippen LogP contribution in [0.15, 0.2) is 54.6 Å². The van der Waals surface area contributed by atoms with E-state index < -0.39 is 0 Å². The number of carbonyl (C=O) groups excluding carboxylic acids is 2. The lowest BCUT2D eigenvalue weighted by Gasteiger charge is -2.32. The lowest BCUT2D eigenvalue weighted by atomic mass is 10.0. The van der Waals surface area contributed by atoms with E-state index in [-0.39, 0.29) is 18.2 Å². The van der Waals surface area contributed by atoms with Crippen LogP contribution in [-0.2, 0) is 17.8 Å². The number of likely N-dealkylation sites (tertiary alicyclic amines) is 1. The normalized spacial score (nSPS) is 17.6. The lowest BCUT2D eigenvalue weighted by molar-refractivity contribution is 0.157. The fourth-order valence-corrected chi connectivity index (χ4v) is 3.97. The molecule has 0 atom stereocenters. The van der Waals surface area contributed by atoms with Gasteiger partial charge < -0.3 is 20.3 Å². The van der Waals surface area contributed by atoms with E-state index in [0.29, 0.717) is 19.7 Å². The van der Waals surface area contributed by atoms with Crippen LogP contribution >= 0.6 is 0 Å². The van der Waals surface area contributed by atoms with Gasteiger partial charge in [0.05, 0.1) is 6.54 Å². The highest BCUT2D eigenvalue weighted by Crippen LogP contribution is 2.17. The number of amides is 3. The molecular formula is C23H28N4O3. The van der Waals surface area contributed by atoms with Crippen LogP contribution in [0.4, 0.5) is 15.3 Å². The predicted octanol–water partition coefficient (Wildman–Crippen LogP) is 3.42. The third-order valence-corrected chi connectivity index (χ3v) is 5.58. The molecule has 0 aliphatic carbocycles. The Hall–Kier alpha value is -3.06. The largest absolute Gasteiger partial charge is 0.448 e. The maximum atomic E-state index is 12.4. The van der Waals surface area contributed by atoms with Gasteiger partial charge >= 0.3 is 12.1 Å². The van der Waals surface area contributed by atoms with Crippen molar-refractivity contribution < 1.29 is 14.3 Å². The van der Waals surface area contributed by atoms with Crippen LogP contribution in [-0.4, -0.2) is 54.2 Å². The number of hydrogen-bond acceptors (Lipinski definition) is 4. The van der Waals surface area contributed by atoms with Crippen molar-refractivity contribution in [3.05, 3.63) is 65.7 Å². The Morgan fingerprint density at radius 3 is 2.47 bits per heavy atom. The van der Waals surface area contributed by atoms with E-state index >= 15 is 0 Å². The smallest absolute Gasteiger partial charge is 0.410 e. The number of piperidine rings is 1. The van der Waals surface area contributed by atoms with E-state index in [1.165, 1.54) is 5.56 Å². The van der Waals surface area contributed by atoms with Crippen LogP contribution in [0.5, 0.6) is 0 Å². The molecule has 4 rings (SSSR count). The highest BCUT2D eigenvalue weighted by Gasteiger charge is 2.22. The summed E-state index contributed by atoms with van der Waals surface area (Å²) in [6.45, 7) is 4.42. The standard InChI is InChI=1S/C23H28N4O3/c28-22(24-20-9-11-26(12-10-20)16-18-5-2-1-3-6-18)25-21-8-4-7-19(15-21)17-27-13-14-30-23(27)29/h1-8,15,20H,9-14,16-17H2,(H2,24,25,28). The monoisotopic (exact) mass is 408 g/mol. The van der Waals surface area contributed by atoms with E-state index in [1.54, 1.807) is 4.90 Å². The zero-order valence-electron chi connectivity index (χ0n) is 17.0. The van der Waals surface area contributed by atoms with Gasteiger partial charge in [-0.1, -0.05) is 42.5 Å². The van der Waals surface area contributed by atoms with E-state index in [2.05, 4.69) is 39.8 Å². The van der Waals surface area contributed by atoms with E-state index in [9.17, 15) is 9.59 Å². The molecule has 0 spiro atoms. The van der Waals surface area contributed by atoms with Crippen LogP contribution in [0.2, 0.25) is 0 Å². The minimum Gasteiger partial charge on any atom is -0.448 e. The molecule has 158 valence electrons. The van der Waals surface area contributed by atoms with Crippen molar-refractivity contribution >= 4 is 17.8 Å². The molecule has 0 bridgehead atoms. The summed E-state index contributed by atoms with van der Waals surface area (Å²) in [5, 5.41) is 6.01. The van der Waals surface area contributed by atoms with Crippen molar-refractivity contribution in [2.45, 2.75) is 32.0 Å². The number of urea groups is 1. The Morgan fingerprint density at radius 2 is 1.73 bits per heavy atom. The molecule has 2 aliphatic heterocycles. The fraction of sp³-hybridized carbons (Fsp3) is 0.391. The molecule has 0 unspecified atom stereocenters. The number of nitrogens with one attached hydrogen (secondary N) is 2. The summed E-state index contributed by atoms with van der Waals surface area (Å²) in [4.78, 5) is 28.1. The molecule has 7 nitrogen and oxygen atoms in total. The van der Waals surface area contributed by atoms with Gasteiger partial charge in [-0.2, -0.15) is 0 Å². The number of cyclic esters (lactones) is 1. The highest BCUT2D eigenvalue weighted by molar-refractivity contribution is 5.89.